The van der Waals surface area contributed by atoms with Gasteiger partial charge in [0.05, 0.1) is 25.6 Å². The van der Waals surface area contributed by atoms with Crippen LogP contribution in [0.3, 0.4) is 0 Å². The molecular weight excluding hydrogens is 368 g/mol. The van der Waals surface area contributed by atoms with E-state index in [9.17, 15) is 14.4 Å². The fourth-order valence-electron chi connectivity index (χ4n) is 6.33. The van der Waals surface area contributed by atoms with E-state index in [1.54, 1.807) is 12.1 Å². The van der Waals surface area contributed by atoms with Crippen molar-refractivity contribution in [3.63, 3.8) is 0 Å². The van der Waals surface area contributed by atoms with Crippen LogP contribution in [0.5, 0.6) is 0 Å². The van der Waals surface area contributed by atoms with Crippen LogP contribution in [0.2, 0.25) is 0 Å². The normalized spacial score (nSPS) is 31.5. The maximum absolute atomic E-state index is 13.7. The standard InChI is InChI=1S/C24H28O5/c1-4-8-17(20(25)15-9-6-5-7-10-15)24(22(27)29-3)18-12-11-16(23(18)13-14-23)19(24)21(26)28-2/h5-7,9-12,16-19H,4,8,13-14H2,1-3H3/t16-,17+,18-,19-,24+/m1/s1. The SMILES string of the molecule is CCC[C@@H](C(=O)c1ccccc1)[C@]1(C(=O)OC)[C@@H]2C=C[C@H]([C@@H]1C(=O)OC)C21CC1. The van der Waals surface area contributed by atoms with Crippen molar-refractivity contribution in [2.45, 2.75) is 32.6 Å². The van der Waals surface area contributed by atoms with Crippen molar-refractivity contribution in [3.05, 3.63) is 48.0 Å². The van der Waals surface area contributed by atoms with E-state index in [0.29, 0.717) is 12.0 Å². The van der Waals surface area contributed by atoms with Crippen molar-refractivity contribution in [3.8, 4) is 0 Å². The summed E-state index contributed by atoms with van der Waals surface area (Å²) >= 11 is 0. The average Bonchev–Trinajstić information content (AvgIpc) is 3.43. The number of ether oxygens (including phenoxy) is 2. The minimum Gasteiger partial charge on any atom is -0.469 e. The Labute approximate surface area is 171 Å². The molecule has 0 aliphatic heterocycles. The lowest BCUT2D eigenvalue weighted by Gasteiger charge is -2.43. The molecule has 0 heterocycles. The van der Waals surface area contributed by atoms with Crippen LogP contribution >= 0.6 is 0 Å². The molecule has 0 unspecified atom stereocenters. The first-order chi connectivity index (χ1) is 14.0. The van der Waals surface area contributed by atoms with Crippen molar-refractivity contribution in [2.24, 2.45) is 34.5 Å². The molecule has 1 spiro atoms. The summed E-state index contributed by atoms with van der Waals surface area (Å²) in [5.41, 5.74) is -0.772. The summed E-state index contributed by atoms with van der Waals surface area (Å²) < 4.78 is 10.5. The molecule has 4 rings (SSSR count). The Kier molecular flexibility index (Phi) is 4.88. The van der Waals surface area contributed by atoms with Gasteiger partial charge in [-0.1, -0.05) is 55.8 Å². The Balaban J connectivity index is 1.91. The summed E-state index contributed by atoms with van der Waals surface area (Å²) in [5.74, 6) is -2.56. The third kappa shape index (κ3) is 2.55. The van der Waals surface area contributed by atoms with Gasteiger partial charge in [0, 0.05) is 17.4 Å². The maximum atomic E-state index is 13.7. The Bertz CT molecular complexity index is 853. The number of allylic oxidation sites excluding steroid dienone is 2. The molecule has 3 aliphatic carbocycles. The second-order valence-corrected chi connectivity index (χ2v) is 8.62. The smallest absolute Gasteiger partial charge is 0.314 e. The van der Waals surface area contributed by atoms with Crippen molar-refractivity contribution in [2.75, 3.05) is 14.2 Å². The van der Waals surface area contributed by atoms with Crippen LogP contribution in [-0.4, -0.2) is 31.9 Å². The first-order valence-electron chi connectivity index (χ1n) is 10.4. The van der Waals surface area contributed by atoms with Crippen LogP contribution in [-0.2, 0) is 19.1 Å². The van der Waals surface area contributed by atoms with Gasteiger partial charge in [0.1, 0.15) is 0 Å². The summed E-state index contributed by atoms with van der Waals surface area (Å²) in [5, 5.41) is 0. The quantitative estimate of drug-likeness (QED) is 0.398. The number of benzene rings is 1. The highest BCUT2D eigenvalue weighted by Crippen LogP contribution is 2.78. The fourth-order valence-corrected chi connectivity index (χ4v) is 6.33. The highest BCUT2D eigenvalue weighted by atomic mass is 16.5. The second-order valence-electron chi connectivity index (χ2n) is 8.62. The number of carbonyl (C=O) groups is 3. The number of carbonyl (C=O) groups excluding carboxylic acids is 3. The first kappa shape index (κ1) is 19.9. The Morgan fingerprint density at radius 1 is 1.07 bits per heavy atom. The molecular formula is C24H28O5. The second kappa shape index (κ2) is 7.12. The molecule has 154 valence electrons. The molecule has 1 aromatic carbocycles. The third-order valence-electron chi connectivity index (χ3n) is 7.53. The summed E-state index contributed by atoms with van der Waals surface area (Å²) in [6, 6.07) is 9.06. The van der Waals surface area contributed by atoms with Crippen LogP contribution in [0.15, 0.2) is 42.5 Å². The molecule has 1 aromatic rings. The van der Waals surface area contributed by atoms with E-state index in [1.165, 1.54) is 14.2 Å². The predicted octanol–water partition coefficient (Wildman–Crippen LogP) is 3.83. The Morgan fingerprint density at radius 3 is 2.31 bits per heavy atom. The zero-order chi connectivity index (χ0) is 20.8. The zero-order valence-corrected chi connectivity index (χ0v) is 17.2. The molecule has 0 saturated heterocycles. The lowest BCUT2D eigenvalue weighted by molar-refractivity contribution is -0.171. The molecule has 3 aliphatic rings. The first-order valence-corrected chi connectivity index (χ1v) is 10.4. The minimum absolute atomic E-state index is 0.0815. The monoisotopic (exact) mass is 396 g/mol. The van der Waals surface area contributed by atoms with Gasteiger partial charge in [-0.3, -0.25) is 14.4 Å². The number of ketones is 1. The molecule has 0 aromatic heterocycles. The van der Waals surface area contributed by atoms with Gasteiger partial charge in [-0.25, -0.2) is 0 Å². The summed E-state index contributed by atoms with van der Waals surface area (Å²) in [6.07, 6.45) is 7.29. The molecule has 0 amide bonds. The van der Waals surface area contributed by atoms with Gasteiger partial charge in [0.2, 0.25) is 0 Å². The molecule has 29 heavy (non-hydrogen) atoms. The lowest BCUT2D eigenvalue weighted by Crippen LogP contribution is -2.54. The van der Waals surface area contributed by atoms with Gasteiger partial charge in [-0.05, 0) is 30.6 Å². The molecule has 5 atom stereocenters. The number of esters is 2. The Morgan fingerprint density at radius 2 is 1.76 bits per heavy atom. The predicted molar refractivity (Wildman–Crippen MR) is 107 cm³/mol. The van der Waals surface area contributed by atoms with E-state index in [2.05, 4.69) is 12.2 Å². The molecule has 0 radical (unpaired) electrons. The van der Waals surface area contributed by atoms with E-state index < -0.39 is 29.2 Å². The molecule has 2 bridgehead atoms. The van der Waals surface area contributed by atoms with E-state index in [-0.39, 0.29) is 23.0 Å². The summed E-state index contributed by atoms with van der Waals surface area (Å²) in [6.45, 7) is 2.00. The molecule has 5 nitrogen and oxygen atoms in total. The number of methoxy groups -OCH3 is 2. The highest BCUT2D eigenvalue weighted by Gasteiger charge is 2.79. The van der Waals surface area contributed by atoms with E-state index in [0.717, 1.165) is 19.3 Å². The fraction of sp³-hybridized carbons (Fsp3) is 0.542. The van der Waals surface area contributed by atoms with Crippen molar-refractivity contribution in [1.29, 1.82) is 0 Å². The maximum Gasteiger partial charge on any atom is 0.314 e. The largest absolute Gasteiger partial charge is 0.469 e. The number of Topliss-reactive ketones (excluding diaryl/α,β-unsaturated/α-hetero) is 1. The highest BCUT2D eigenvalue weighted by molar-refractivity contribution is 6.03. The van der Waals surface area contributed by atoms with Gasteiger partial charge in [-0.15, -0.1) is 0 Å². The van der Waals surface area contributed by atoms with E-state index >= 15 is 0 Å². The van der Waals surface area contributed by atoms with E-state index in [1.807, 2.05) is 25.1 Å². The van der Waals surface area contributed by atoms with Gasteiger partial charge < -0.3 is 9.47 Å². The van der Waals surface area contributed by atoms with Crippen molar-refractivity contribution in [1.82, 2.24) is 0 Å². The number of hydrogen-bond acceptors (Lipinski definition) is 5. The van der Waals surface area contributed by atoms with Crippen LogP contribution in [0, 0.1) is 34.5 Å². The third-order valence-corrected chi connectivity index (χ3v) is 7.53. The molecule has 0 N–H and O–H groups in total. The average molecular weight is 396 g/mol. The molecule has 2 saturated carbocycles. The van der Waals surface area contributed by atoms with Gasteiger partial charge in [0.25, 0.3) is 0 Å². The zero-order valence-electron chi connectivity index (χ0n) is 17.2. The van der Waals surface area contributed by atoms with Gasteiger partial charge in [-0.2, -0.15) is 0 Å². The van der Waals surface area contributed by atoms with Crippen molar-refractivity contribution < 1.29 is 23.9 Å². The summed E-state index contributed by atoms with van der Waals surface area (Å²) in [4.78, 5) is 40.3. The number of hydrogen-bond donors (Lipinski definition) is 0. The topological polar surface area (TPSA) is 69.7 Å². The summed E-state index contributed by atoms with van der Waals surface area (Å²) in [7, 11) is 2.71. The minimum atomic E-state index is -1.22. The van der Waals surface area contributed by atoms with Crippen LogP contribution in [0.25, 0.3) is 0 Å². The Hall–Kier alpha value is -2.43. The van der Waals surface area contributed by atoms with E-state index in [4.69, 9.17) is 9.47 Å². The van der Waals surface area contributed by atoms with Crippen LogP contribution < -0.4 is 0 Å². The van der Waals surface area contributed by atoms with Crippen LogP contribution in [0.4, 0.5) is 0 Å². The van der Waals surface area contributed by atoms with Crippen LogP contribution in [0.1, 0.15) is 43.0 Å². The molecule has 5 heteroatoms. The number of rotatable bonds is 7. The van der Waals surface area contributed by atoms with Crippen molar-refractivity contribution >= 4 is 17.7 Å². The van der Waals surface area contributed by atoms with Gasteiger partial charge in [0.15, 0.2) is 5.78 Å². The lowest BCUT2D eigenvalue weighted by atomic mass is 9.57. The van der Waals surface area contributed by atoms with Gasteiger partial charge >= 0.3 is 11.9 Å². The molecule has 2 fully saturated rings.